The van der Waals surface area contributed by atoms with Gasteiger partial charge in [-0.05, 0) is 31.2 Å². The highest BCUT2D eigenvalue weighted by Crippen LogP contribution is 2.19. The summed E-state index contributed by atoms with van der Waals surface area (Å²) in [6, 6.07) is 6.80. The van der Waals surface area contributed by atoms with Gasteiger partial charge in [0.15, 0.2) is 0 Å². The number of nitro groups is 1. The van der Waals surface area contributed by atoms with Crippen LogP contribution in [-0.2, 0) is 0 Å². The van der Waals surface area contributed by atoms with Gasteiger partial charge in [0.1, 0.15) is 0 Å². The van der Waals surface area contributed by atoms with Gasteiger partial charge in [-0.2, -0.15) is 0 Å². The van der Waals surface area contributed by atoms with Gasteiger partial charge in [-0.1, -0.05) is 12.1 Å². The van der Waals surface area contributed by atoms with Gasteiger partial charge in [0.2, 0.25) is 0 Å². The fraction of sp³-hybridized carbons (Fsp3) is 0.333. The number of rotatable bonds is 3. The Morgan fingerprint density at radius 3 is 2.62 bits per heavy atom. The minimum absolute atomic E-state index is 0.165. The summed E-state index contributed by atoms with van der Waals surface area (Å²) in [5.74, 6) is 0. The van der Waals surface area contributed by atoms with Crippen LogP contribution in [0.1, 0.15) is 18.4 Å². The SMILES string of the molecule is O=[N+]([O-])c1ccccc1/C=C/N1CCCC1. The molecule has 84 valence electrons. The first kappa shape index (κ1) is 10.7. The maximum atomic E-state index is 10.8. The molecule has 0 bridgehead atoms. The van der Waals surface area contributed by atoms with E-state index in [0.717, 1.165) is 13.1 Å². The second kappa shape index (κ2) is 4.79. The van der Waals surface area contributed by atoms with E-state index in [1.807, 2.05) is 18.3 Å². The van der Waals surface area contributed by atoms with Crippen molar-refractivity contribution in [1.29, 1.82) is 0 Å². The first-order valence-electron chi connectivity index (χ1n) is 5.43. The maximum Gasteiger partial charge on any atom is 0.276 e. The van der Waals surface area contributed by atoms with E-state index in [1.165, 1.54) is 18.9 Å². The molecular formula is C12H14N2O2. The van der Waals surface area contributed by atoms with Crippen LogP contribution in [0.2, 0.25) is 0 Å². The molecule has 0 amide bonds. The van der Waals surface area contributed by atoms with Gasteiger partial charge < -0.3 is 4.90 Å². The number of nitrogens with zero attached hydrogens (tertiary/aromatic N) is 2. The Balaban J connectivity index is 2.16. The number of nitro benzene ring substituents is 1. The van der Waals surface area contributed by atoms with Crippen molar-refractivity contribution in [3.05, 3.63) is 46.1 Å². The van der Waals surface area contributed by atoms with Gasteiger partial charge in [-0.25, -0.2) is 0 Å². The average molecular weight is 218 g/mol. The second-order valence-corrected chi connectivity index (χ2v) is 3.87. The number of para-hydroxylation sites is 1. The Bertz CT molecular complexity index is 409. The van der Waals surface area contributed by atoms with E-state index in [-0.39, 0.29) is 10.6 Å². The molecule has 1 aliphatic rings. The van der Waals surface area contributed by atoms with Crippen LogP contribution in [0.3, 0.4) is 0 Å². The summed E-state index contributed by atoms with van der Waals surface area (Å²) in [6.45, 7) is 2.11. The molecule has 0 aromatic heterocycles. The molecule has 1 saturated heterocycles. The smallest absolute Gasteiger partial charge is 0.276 e. The number of hydrogen-bond acceptors (Lipinski definition) is 3. The van der Waals surface area contributed by atoms with Crippen molar-refractivity contribution >= 4 is 11.8 Å². The predicted molar refractivity (Wildman–Crippen MR) is 62.9 cm³/mol. The lowest BCUT2D eigenvalue weighted by molar-refractivity contribution is -0.385. The summed E-state index contributed by atoms with van der Waals surface area (Å²) in [6.07, 6.45) is 6.20. The fourth-order valence-electron chi connectivity index (χ4n) is 1.87. The first-order chi connectivity index (χ1) is 7.77. The van der Waals surface area contributed by atoms with Crippen LogP contribution >= 0.6 is 0 Å². The summed E-state index contributed by atoms with van der Waals surface area (Å²) in [5.41, 5.74) is 0.831. The van der Waals surface area contributed by atoms with E-state index in [0.29, 0.717) is 5.56 Å². The quantitative estimate of drug-likeness (QED) is 0.578. The van der Waals surface area contributed by atoms with E-state index in [4.69, 9.17) is 0 Å². The summed E-state index contributed by atoms with van der Waals surface area (Å²) < 4.78 is 0. The molecule has 0 aliphatic carbocycles. The third-order valence-corrected chi connectivity index (χ3v) is 2.74. The van der Waals surface area contributed by atoms with Crippen molar-refractivity contribution in [2.75, 3.05) is 13.1 Å². The molecule has 0 atom stereocenters. The second-order valence-electron chi connectivity index (χ2n) is 3.87. The largest absolute Gasteiger partial charge is 0.377 e. The summed E-state index contributed by atoms with van der Waals surface area (Å²) in [4.78, 5) is 12.6. The molecular weight excluding hydrogens is 204 g/mol. The summed E-state index contributed by atoms with van der Waals surface area (Å²) >= 11 is 0. The Hall–Kier alpha value is -1.84. The van der Waals surface area contributed by atoms with Gasteiger partial charge >= 0.3 is 0 Å². The van der Waals surface area contributed by atoms with E-state index >= 15 is 0 Å². The average Bonchev–Trinajstić information content (AvgIpc) is 2.79. The molecule has 2 rings (SSSR count). The van der Waals surface area contributed by atoms with Crippen LogP contribution in [0.5, 0.6) is 0 Å². The monoisotopic (exact) mass is 218 g/mol. The van der Waals surface area contributed by atoms with Crippen LogP contribution in [0.15, 0.2) is 30.5 Å². The normalized spacial score (nSPS) is 15.9. The molecule has 1 aromatic rings. The standard InChI is InChI=1S/C12H14N2O2/c15-14(16)12-6-2-1-5-11(12)7-10-13-8-3-4-9-13/h1-2,5-7,10H,3-4,8-9H2/b10-7+. The number of likely N-dealkylation sites (tertiary alicyclic amines) is 1. The molecule has 0 unspecified atom stereocenters. The Kier molecular flexibility index (Phi) is 3.19. The minimum Gasteiger partial charge on any atom is -0.377 e. The van der Waals surface area contributed by atoms with Crippen LogP contribution in [0.25, 0.3) is 6.08 Å². The van der Waals surface area contributed by atoms with Crippen molar-refractivity contribution in [2.24, 2.45) is 0 Å². The highest BCUT2D eigenvalue weighted by molar-refractivity contribution is 5.60. The summed E-state index contributed by atoms with van der Waals surface area (Å²) in [5, 5.41) is 10.8. The molecule has 0 N–H and O–H groups in total. The van der Waals surface area contributed by atoms with E-state index < -0.39 is 0 Å². The number of hydrogen-bond donors (Lipinski definition) is 0. The molecule has 0 spiro atoms. The highest BCUT2D eigenvalue weighted by Gasteiger charge is 2.11. The molecule has 4 heteroatoms. The lowest BCUT2D eigenvalue weighted by Crippen LogP contribution is -2.10. The minimum atomic E-state index is -0.344. The van der Waals surface area contributed by atoms with Crippen LogP contribution in [0, 0.1) is 10.1 Å². The van der Waals surface area contributed by atoms with Gasteiger partial charge in [0.25, 0.3) is 5.69 Å². The van der Waals surface area contributed by atoms with E-state index in [9.17, 15) is 10.1 Å². The first-order valence-corrected chi connectivity index (χ1v) is 5.43. The molecule has 4 nitrogen and oxygen atoms in total. The molecule has 1 aliphatic heterocycles. The molecule has 0 radical (unpaired) electrons. The molecule has 1 aromatic carbocycles. The van der Waals surface area contributed by atoms with Gasteiger partial charge in [-0.15, -0.1) is 0 Å². The van der Waals surface area contributed by atoms with Gasteiger partial charge in [-0.3, -0.25) is 10.1 Å². The summed E-state index contributed by atoms with van der Waals surface area (Å²) in [7, 11) is 0. The van der Waals surface area contributed by atoms with Crippen molar-refractivity contribution in [1.82, 2.24) is 4.90 Å². The lowest BCUT2D eigenvalue weighted by Gasteiger charge is -2.09. The molecule has 1 fully saturated rings. The van der Waals surface area contributed by atoms with Crippen LogP contribution in [0.4, 0.5) is 5.69 Å². The molecule has 0 saturated carbocycles. The highest BCUT2D eigenvalue weighted by atomic mass is 16.6. The topological polar surface area (TPSA) is 46.4 Å². The van der Waals surface area contributed by atoms with Crippen molar-refractivity contribution in [3.63, 3.8) is 0 Å². The predicted octanol–water partition coefficient (Wildman–Crippen LogP) is 2.66. The fourth-order valence-corrected chi connectivity index (χ4v) is 1.87. The van der Waals surface area contributed by atoms with Crippen molar-refractivity contribution < 1.29 is 4.92 Å². The van der Waals surface area contributed by atoms with Gasteiger partial charge in [0, 0.05) is 19.2 Å². The third kappa shape index (κ3) is 2.39. The third-order valence-electron chi connectivity index (χ3n) is 2.74. The molecule has 1 heterocycles. The number of benzene rings is 1. The Labute approximate surface area is 94.3 Å². The van der Waals surface area contributed by atoms with Gasteiger partial charge in [0.05, 0.1) is 10.5 Å². The van der Waals surface area contributed by atoms with Crippen molar-refractivity contribution in [2.45, 2.75) is 12.8 Å². The zero-order valence-electron chi connectivity index (χ0n) is 9.00. The van der Waals surface area contributed by atoms with Crippen LogP contribution in [-0.4, -0.2) is 22.9 Å². The zero-order valence-corrected chi connectivity index (χ0v) is 9.00. The van der Waals surface area contributed by atoms with Crippen LogP contribution < -0.4 is 0 Å². The maximum absolute atomic E-state index is 10.8. The zero-order chi connectivity index (χ0) is 11.4. The Morgan fingerprint density at radius 1 is 1.25 bits per heavy atom. The Morgan fingerprint density at radius 2 is 1.94 bits per heavy atom. The van der Waals surface area contributed by atoms with Crippen molar-refractivity contribution in [3.8, 4) is 0 Å². The molecule has 16 heavy (non-hydrogen) atoms. The van der Waals surface area contributed by atoms with E-state index in [2.05, 4.69) is 4.90 Å². The van der Waals surface area contributed by atoms with E-state index in [1.54, 1.807) is 12.1 Å². The lowest BCUT2D eigenvalue weighted by atomic mass is 10.2.